The highest BCUT2D eigenvalue weighted by Crippen LogP contribution is 2.31. The maximum Gasteiger partial charge on any atom is 0.150 e. The number of carbonyl (C=O) groups is 1. The van der Waals surface area contributed by atoms with Crippen LogP contribution in [0, 0.1) is 0 Å². The van der Waals surface area contributed by atoms with Crippen molar-refractivity contribution in [1.29, 1.82) is 0 Å². The van der Waals surface area contributed by atoms with Gasteiger partial charge in [0.1, 0.15) is 6.29 Å². The minimum Gasteiger partial charge on any atom is -0.298 e. The minimum atomic E-state index is 0.681. The molecule has 0 spiro atoms. The van der Waals surface area contributed by atoms with E-state index in [4.69, 9.17) is 4.98 Å². The predicted molar refractivity (Wildman–Crippen MR) is 98.0 cm³/mol. The van der Waals surface area contributed by atoms with E-state index >= 15 is 0 Å². The van der Waals surface area contributed by atoms with Crippen molar-refractivity contribution in [3.63, 3.8) is 0 Å². The molecular weight excluding hydrogens is 294 g/mol. The molecule has 1 heterocycles. The number of hydrogen-bond acceptors (Lipinski definition) is 2. The van der Waals surface area contributed by atoms with Gasteiger partial charge in [-0.15, -0.1) is 0 Å². The lowest BCUT2D eigenvalue weighted by Crippen LogP contribution is -1.89. The number of fused-ring (bicyclic) bond motifs is 1. The van der Waals surface area contributed by atoms with Crippen molar-refractivity contribution < 1.29 is 4.79 Å². The second kappa shape index (κ2) is 6.09. The van der Waals surface area contributed by atoms with Gasteiger partial charge in [-0.1, -0.05) is 72.8 Å². The molecule has 4 rings (SSSR count). The highest BCUT2D eigenvalue weighted by molar-refractivity contribution is 5.87. The molecule has 0 amide bonds. The second-order valence-electron chi connectivity index (χ2n) is 5.67. The quantitative estimate of drug-likeness (QED) is 0.475. The lowest BCUT2D eigenvalue weighted by molar-refractivity contribution is 0.112. The summed E-state index contributed by atoms with van der Waals surface area (Å²) in [6.45, 7) is 0. The molecule has 24 heavy (non-hydrogen) atoms. The number of carbonyl (C=O) groups excluding carboxylic acids is 1. The molecule has 3 aromatic carbocycles. The van der Waals surface area contributed by atoms with Gasteiger partial charge in [0.05, 0.1) is 11.2 Å². The first kappa shape index (κ1) is 14.3. The summed E-state index contributed by atoms with van der Waals surface area (Å²) in [5.74, 6) is 0. The molecule has 0 unspecified atom stereocenters. The van der Waals surface area contributed by atoms with Gasteiger partial charge in [0, 0.05) is 16.5 Å². The summed E-state index contributed by atoms with van der Waals surface area (Å²) in [6.07, 6.45) is 0.862. The van der Waals surface area contributed by atoms with Crippen LogP contribution in [0.3, 0.4) is 0 Å². The van der Waals surface area contributed by atoms with Crippen LogP contribution in [0.5, 0.6) is 0 Å². The fourth-order valence-electron chi connectivity index (χ4n) is 2.92. The molecule has 0 N–H and O–H groups in total. The number of benzene rings is 3. The van der Waals surface area contributed by atoms with E-state index in [0.717, 1.165) is 39.6 Å². The molecule has 114 valence electrons. The molecule has 0 aliphatic rings. The van der Waals surface area contributed by atoms with Crippen molar-refractivity contribution in [2.24, 2.45) is 0 Å². The topological polar surface area (TPSA) is 30.0 Å². The molecular formula is C22H15NO. The Morgan fingerprint density at radius 2 is 1.38 bits per heavy atom. The fraction of sp³-hybridized carbons (Fsp3) is 0. The van der Waals surface area contributed by atoms with Gasteiger partial charge in [0.2, 0.25) is 0 Å². The Kier molecular flexibility index (Phi) is 3.64. The summed E-state index contributed by atoms with van der Waals surface area (Å²) >= 11 is 0. The van der Waals surface area contributed by atoms with E-state index < -0.39 is 0 Å². The Bertz CT molecular complexity index is 1020. The molecule has 0 aliphatic heterocycles. The number of aromatic nitrogens is 1. The monoisotopic (exact) mass is 309 g/mol. The molecule has 0 bridgehead atoms. The zero-order chi connectivity index (χ0) is 16.4. The molecule has 0 saturated heterocycles. The Balaban J connectivity index is 1.86. The third kappa shape index (κ3) is 2.59. The summed E-state index contributed by atoms with van der Waals surface area (Å²) in [4.78, 5) is 15.7. The van der Waals surface area contributed by atoms with Gasteiger partial charge in [0.25, 0.3) is 0 Å². The van der Waals surface area contributed by atoms with Crippen LogP contribution in [0.1, 0.15) is 10.4 Å². The maximum absolute atomic E-state index is 10.9. The van der Waals surface area contributed by atoms with Crippen molar-refractivity contribution in [3.8, 4) is 22.4 Å². The molecule has 1 aromatic heterocycles. The predicted octanol–water partition coefficient (Wildman–Crippen LogP) is 5.38. The van der Waals surface area contributed by atoms with E-state index in [1.807, 2.05) is 54.6 Å². The van der Waals surface area contributed by atoms with Gasteiger partial charge >= 0.3 is 0 Å². The lowest BCUT2D eigenvalue weighted by atomic mass is 9.96. The summed E-state index contributed by atoms with van der Waals surface area (Å²) in [7, 11) is 0. The molecule has 0 atom stereocenters. The van der Waals surface area contributed by atoms with E-state index in [1.54, 1.807) is 0 Å². The number of hydrogen-bond donors (Lipinski definition) is 0. The summed E-state index contributed by atoms with van der Waals surface area (Å²) in [5, 5.41) is 1.13. The van der Waals surface area contributed by atoms with Gasteiger partial charge in [-0.05, 0) is 23.3 Å². The highest BCUT2D eigenvalue weighted by atomic mass is 16.1. The first-order valence-electron chi connectivity index (χ1n) is 7.86. The van der Waals surface area contributed by atoms with Crippen LogP contribution < -0.4 is 0 Å². The van der Waals surface area contributed by atoms with Crippen LogP contribution in [0.15, 0.2) is 84.9 Å². The summed E-state index contributed by atoms with van der Waals surface area (Å²) in [6, 6.07) is 28.1. The van der Waals surface area contributed by atoms with Crippen LogP contribution in [0.2, 0.25) is 0 Å². The van der Waals surface area contributed by atoms with Gasteiger partial charge in [-0.25, -0.2) is 4.98 Å². The van der Waals surface area contributed by atoms with Crippen molar-refractivity contribution in [1.82, 2.24) is 4.98 Å². The standard InChI is InChI=1S/C22H15NO/c24-15-16-9-11-17(12-10-16)19-6-2-3-7-20(19)22-14-13-18-5-1-4-8-21(18)23-22/h1-15H. The number of aldehydes is 1. The molecule has 2 nitrogen and oxygen atoms in total. The largest absolute Gasteiger partial charge is 0.298 e. The van der Waals surface area contributed by atoms with Crippen molar-refractivity contribution in [2.45, 2.75) is 0 Å². The Morgan fingerprint density at radius 3 is 2.17 bits per heavy atom. The average molecular weight is 309 g/mol. The number of pyridine rings is 1. The third-order valence-corrected chi connectivity index (χ3v) is 4.16. The fourth-order valence-corrected chi connectivity index (χ4v) is 2.92. The van der Waals surface area contributed by atoms with Crippen LogP contribution in [0.25, 0.3) is 33.3 Å². The maximum atomic E-state index is 10.9. The van der Waals surface area contributed by atoms with E-state index in [-0.39, 0.29) is 0 Å². The molecule has 0 fully saturated rings. The van der Waals surface area contributed by atoms with Crippen molar-refractivity contribution in [2.75, 3.05) is 0 Å². The number of para-hydroxylation sites is 1. The summed E-state index contributed by atoms with van der Waals surface area (Å²) < 4.78 is 0. The van der Waals surface area contributed by atoms with E-state index in [0.29, 0.717) is 5.56 Å². The number of rotatable bonds is 3. The minimum absolute atomic E-state index is 0.681. The van der Waals surface area contributed by atoms with Crippen LogP contribution in [0.4, 0.5) is 0 Å². The van der Waals surface area contributed by atoms with E-state index in [2.05, 4.69) is 30.3 Å². The zero-order valence-electron chi connectivity index (χ0n) is 13.0. The summed E-state index contributed by atoms with van der Waals surface area (Å²) in [5.41, 5.74) is 5.89. The van der Waals surface area contributed by atoms with Gasteiger partial charge in [-0.3, -0.25) is 4.79 Å². The molecule has 2 heteroatoms. The zero-order valence-corrected chi connectivity index (χ0v) is 13.0. The Morgan fingerprint density at radius 1 is 0.667 bits per heavy atom. The van der Waals surface area contributed by atoms with Crippen LogP contribution >= 0.6 is 0 Å². The molecule has 0 radical (unpaired) electrons. The van der Waals surface area contributed by atoms with E-state index in [9.17, 15) is 4.79 Å². The van der Waals surface area contributed by atoms with Gasteiger partial charge in [0.15, 0.2) is 0 Å². The average Bonchev–Trinajstić information content (AvgIpc) is 2.68. The van der Waals surface area contributed by atoms with Gasteiger partial charge in [-0.2, -0.15) is 0 Å². The Hall–Kier alpha value is -3.26. The normalized spacial score (nSPS) is 10.7. The van der Waals surface area contributed by atoms with Crippen molar-refractivity contribution in [3.05, 3.63) is 90.5 Å². The smallest absolute Gasteiger partial charge is 0.150 e. The second-order valence-corrected chi connectivity index (χ2v) is 5.67. The lowest BCUT2D eigenvalue weighted by Gasteiger charge is -2.10. The number of nitrogens with zero attached hydrogens (tertiary/aromatic N) is 1. The first-order valence-corrected chi connectivity index (χ1v) is 7.86. The highest BCUT2D eigenvalue weighted by Gasteiger charge is 2.08. The van der Waals surface area contributed by atoms with Crippen molar-refractivity contribution >= 4 is 17.2 Å². The van der Waals surface area contributed by atoms with E-state index in [1.165, 1.54) is 0 Å². The van der Waals surface area contributed by atoms with Crippen LogP contribution in [-0.2, 0) is 0 Å². The van der Waals surface area contributed by atoms with Gasteiger partial charge < -0.3 is 0 Å². The molecule has 4 aromatic rings. The molecule has 0 saturated carbocycles. The van der Waals surface area contributed by atoms with Crippen LogP contribution in [-0.4, -0.2) is 11.3 Å². The SMILES string of the molecule is O=Cc1ccc(-c2ccccc2-c2ccc3ccccc3n2)cc1. The first-order chi connectivity index (χ1) is 11.8. The Labute approximate surface area is 140 Å². The third-order valence-electron chi connectivity index (χ3n) is 4.16. The molecule has 0 aliphatic carbocycles.